The first kappa shape index (κ1) is 13.4. The van der Waals surface area contributed by atoms with Crippen LogP contribution >= 0.6 is 0 Å². The Kier molecular flexibility index (Phi) is 3.17. The Morgan fingerprint density at radius 1 is 0.909 bits per heavy atom. The lowest BCUT2D eigenvalue weighted by Crippen LogP contribution is -2.30. The first-order chi connectivity index (χ1) is 10.8. The van der Waals surface area contributed by atoms with Crippen molar-refractivity contribution in [3.05, 3.63) is 52.8 Å². The van der Waals surface area contributed by atoms with Gasteiger partial charge in [0.15, 0.2) is 11.6 Å². The molecule has 3 aliphatic rings. The van der Waals surface area contributed by atoms with Crippen LogP contribution in [0.1, 0.15) is 50.1 Å². The van der Waals surface area contributed by atoms with Crippen LogP contribution in [0.25, 0.3) is 0 Å². The Morgan fingerprint density at radius 2 is 1.55 bits per heavy atom. The maximum Gasteiger partial charge on any atom is 0.163 e. The number of aromatic nitrogens is 1. The lowest BCUT2D eigenvalue weighted by molar-refractivity contribution is -0.117. The molecule has 0 fully saturated rings. The molecule has 0 amide bonds. The van der Waals surface area contributed by atoms with E-state index >= 15 is 0 Å². The molecule has 4 heteroatoms. The number of allylic oxidation sites excluding steroid dienone is 4. The fourth-order valence-corrected chi connectivity index (χ4v) is 3.66. The number of Topliss-reactive ketones (excluding diaryl/α,β-unsaturated/α-hetero) is 2. The second kappa shape index (κ2) is 5.20. The second-order valence-electron chi connectivity index (χ2n) is 6.02. The van der Waals surface area contributed by atoms with Gasteiger partial charge in [-0.15, -0.1) is 0 Å². The Hall–Kier alpha value is -2.23. The van der Waals surface area contributed by atoms with E-state index in [0.29, 0.717) is 24.0 Å². The van der Waals surface area contributed by atoms with E-state index in [1.165, 1.54) is 0 Å². The van der Waals surface area contributed by atoms with Crippen molar-refractivity contribution in [2.24, 2.45) is 0 Å². The van der Waals surface area contributed by atoms with Gasteiger partial charge >= 0.3 is 0 Å². The summed E-state index contributed by atoms with van der Waals surface area (Å²) < 4.78 is 5.98. The molecular weight excluding hydrogens is 278 g/mol. The van der Waals surface area contributed by atoms with Crippen LogP contribution in [0.15, 0.2) is 47.1 Å². The van der Waals surface area contributed by atoms with Gasteiger partial charge in [0.25, 0.3) is 0 Å². The molecular formula is C18H17NO3. The van der Waals surface area contributed by atoms with Gasteiger partial charge in [0.05, 0.1) is 11.6 Å². The molecule has 0 atom stereocenters. The van der Waals surface area contributed by atoms with E-state index in [1.807, 2.05) is 18.2 Å². The van der Waals surface area contributed by atoms with Crippen molar-refractivity contribution in [2.45, 2.75) is 44.4 Å². The Balaban J connectivity index is 1.91. The second-order valence-corrected chi connectivity index (χ2v) is 6.02. The predicted octanol–water partition coefficient (Wildman–Crippen LogP) is 3.21. The third-order valence-corrected chi connectivity index (χ3v) is 4.62. The predicted molar refractivity (Wildman–Crippen MR) is 79.8 cm³/mol. The summed E-state index contributed by atoms with van der Waals surface area (Å²) in [5, 5.41) is 0. The molecule has 2 aliphatic carbocycles. The van der Waals surface area contributed by atoms with Gasteiger partial charge in [-0.25, -0.2) is 0 Å². The third kappa shape index (κ3) is 2.02. The average Bonchev–Trinajstić information content (AvgIpc) is 2.54. The molecule has 0 N–H and O–H groups in total. The van der Waals surface area contributed by atoms with E-state index in [9.17, 15) is 9.59 Å². The molecule has 4 rings (SSSR count). The summed E-state index contributed by atoms with van der Waals surface area (Å²) in [4.78, 5) is 29.4. The fraction of sp³-hybridized carbons (Fsp3) is 0.389. The first-order valence-electron chi connectivity index (χ1n) is 7.87. The molecule has 1 aromatic rings. The van der Waals surface area contributed by atoms with Gasteiger partial charge in [0.1, 0.15) is 11.5 Å². The SMILES string of the molecule is O=C1CCCC2=C1C(c1ccccn1)C1=C(CCCC1=O)O2. The zero-order valence-electron chi connectivity index (χ0n) is 12.3. The molecule has 22 heavy (non-hydrogen) atoms. The van der Waals surface area contributed by atoms with Crippen molar-refractivity contribution < 1.29 is 14.3 Å². The molecule has 0 radical (unpaired) electrons. The Labute approximate surface area is 128 Å². The van der Waals surface area contributed by atoms with Crippen LogP contribution < -0.4 is 0 Å². The molecule has 0 unspecified atom stereocenters. The minimum absolute atomic E-state index is 0.0989. The zero-order valence-corrected chi connectivity index (χ0v) is 12.3. The number of ketones is 2. The first-order valence-corrected chi connectivity index (χ1v) is 7.87. The highest BCUT2D eigenvalue weighted by Gasteiger charge is 2.42. The fourth-order valence-electron chi connectivity index (χ4n) is 3.66. The summed E-state index contributed by atoms with van der Waals surface area (Å²) in [7, 11) is 0. The number of hydrogen-bond donors (Lipinski definition) is 0. The van der Waals surface area contributed by atoms with Crippen LogP contribution in [-0.2, 0) is 14.3 Å². The van der Waals surface area contributed by atoms with Crippen LogP contribution in [0, 0.1) is 0 Å². The molecule has 2 heterocycles. The van der Waals surface area contributed by atoms with Crippen molar-refractivity contribution in [3.8, 4) is 0 Å². The minimum atomic E-state index is -0.333. The van der Waals surface area contributed by atoms with Gasteiger partial charge in [-0.3, -0.25) is 14.6 Å². The molecule has 0 saturated heterocycles. The summed E-state index contributed by atoms with van der Waals surface area (Å²) in [6, 6.07) is 5.65. The van der Waals surface area contributed by atoms with E-state index in [1.54, 1.807) is 6.20 Å². The average molecular weight is 295 g/mol. The van der Waals surface area contributed by atoms with Gasteiger partial charge in [0.2, 0.25) is 0 Å². The number of hydrogen-bond acceptors (Lipinski definition) is 4. The number of rotatable bonds is 1. The molecule has 0 aromatic carbocycles. The summed E-state index contributed by atoms with van der Waals surface area (Å²) in [6.45, 7) is 0. The van der Waals surface area contributed by atoms with Gasteiger partial charge in [-0.2, -0.15) is 0 Å². The van der Waals surface area contributed by atoms with E-state index in [0.717, 1.165) is 42.9 Å². The molecule has 4 nitrogen and oxygen atoms in total. The monoisotopic (exact) mass is 295 g/mol. The van der Waals surface area contributed by atoms with Crippen molar-refractivity contribution in [2.75, 3.05) is 0 Å². The van der Waals surface area contributed by atoms with Crippen LogP contribution in [0.2, 0.25) is 0 Å². The standard InChI is InChI=1S/C18H17NO3/c20-12-6-3-8-14-17(12)16(11-5-1-2-10-19-11)18-13(21)7-4-9-15(18)22-14/h1-2,5,10,16H,3-4,6-9H2. The molecule has 1 aromatic heterocycles. The summed E-state index contributed by atoms with van der Waals surface area (Å²) in [6.07, 6.45) is 5.97. The number of carbonyl (C=O) groups excluding carboxylic acids is 2. The van der Waals surface area contributed by atoms with Crippen molar-refractivity contribution in [1.29, 1.82) is 0 Å². The maximum absolute atomic E-state index is 12.5. The number of pyridine rings is 1. The van der Waals surface area contributed by atoms with Crippen LogP contribution in [0.4, 0.5) is 0 Å². The number of carbonyl (C=O) groups is 2. The van der Waals surface area contributed by atoms with E-state index in [-0.39, 0.29) is 17.5 Å². The van der Waals surface area contributed by atoms with E-state index in [4.69, 9.17) is 4.74 Å². The van der Waals surface area contributed by atoms with Gasteiger partial charge in [-0.05, 0) is 25.0 Å². The summed E-state index contributed by atoms with van der Waals surface area (Å²) >= 11 is 0. The van der Waals surface area contributed by atoms with Gasteiger partial charge in [0, 0.05) is 43.0 Å². The largest absolute Gasteiger partial charge is 0.465 e. The van der Waals surface area contributed by atoms with Crippen LogP contribution in [0.5, 0.6) is 0 Å². The maximum atomic E-state index is 12.5. The van der Waals surface area contributed by atoms with Crippen molar-refractivity contribution in [3.63, 3.8) is 0 Å². The highest BCUT2D eigenvalue weighted by molar-refractivity contribution is 6.05. The lowest BCUT2D eigenvalue weighted by atomic mass is 9.74. The van der Waals surface area contributed by atoms with E-state index in [2.05, 4.69) is 4.98 Å². The molecule has 0 bridgehead atoms. The molecule has 0 saturated carbocycles. The Morgan fingerprint density at radius 3 is 2.09 bits per heavy atom. The number of ether oxygens (including phenoxy) is 1. The van der Waals surface area contributed by atoms with Crippen molar-refractivity contribution in [1.82, 2.24) is 4.98 Å². The van der Waals surface area contributed by atoms with Gasteiger partial charge < -0.3 is 4.74 Å². The normalized spacial score (nSPS) is 22.4. The summed E-state index contributed by atoms with van der Waals surface area (Å²) in [5.41, 5.74) is 2.11. The van der Waals surface area contributed by atoms with Crippen LogP contribution in [0.3, 0.4) is 0 Å². The smallest absolute Gasteiger partial charge is 0.163 e. The minimum Gasteiger partial charge on any atom is -0.465 e. The molecule has 0 spiro atoms. The molecule has 1 aliphatic heterocycles. The topological polar surface area (TPSA) is 56.3 Å². The lowest BCUT2D eigenvalue weighted by Gasteiger charge is -2.35. The molecule has 112 valence electrons. The number of nitrogens with zero attached hydrogens (tertiary/aromatic N) is 1. The van der Waals surface area contributed by atoms with Crippen molar-refractivity contribution >= 4 is 11.6 Å². The highest BCUT2D eigenvalue weighted by Crippen LogP contribution is 2.46. The third-order valence-electron chi connectivity index (χ3n) is 4.62. The Bertz CT molecular complexity index is 673. The summed E-state index contributed by atoms with van der Waals surface area (Å²) in [5.74, 6) is 1.39. The zero-order chi connectivity index (χ0) is 15.1. The van der Waals surface area contributed by atoms with E-state index < -0.39 is 0 Å². The quantitative estimate of drug-likeness (QED) is 0.798. The highest BCUT2D eigenvalue weighted by atomic mass is 16.5. The van der Waals surface area contributed by atoms with Gasteiger partial charge in [-0.1, -0.05) is 6.07 Å². The van der Waals surface area contributed by atoms with Crippen LogP contribution in [-0.4, -0.2) is 16.6 Å².